The minimum absolute atomic E-state index is 0.572. The van der Waals surface area contributed by atoms with Crippen LogP contribution in [-0.2, 0) is 19.4 Å². The molecule has 0 radical (unpaired) electrons. The molecule has 0 fully saturated rings. The molecule has 3 rings (SSSR count). The number of aryl methyl sites for hydroxylation is 2. The monoisotopic (exact) mass is 214 g/mol. The molecule has 1 heterocycles. The van der Waals surface area contributed by atoms with Gasteiger partial charge in [-0.1, -0.05) is 12.1 Å². The third kappa shape index (κ3) is 1.53. The molecule has 16 heavy (non-hydrogen) atoms. The second kappa shape index (κ2) is 3.76. The fraction of sp³-hybridized carbons (Fsp3) is 0.308. The first-order chi connectivity index (χ1) is 7.86. The van der Waals surface area contributed by atoms with Crippen molar-refractivity contribution in [3.05, 3.63) is 41.3 Å². The Labute approximate surface area is 94.3 Å². The Kier molecular flexibility index (Phi) is 2.26. The number of hydrogen-bond acceptors (Lipinski definition) is 3. The van der Waals surface area contributed by atoms with Crippen LogP contribution in [0, 0.1) is 0 Å². The van der Waals surface area contributed by atoms with Crippen molar-refractivity contribution in [2.24, 2.45) is 5.73 Å². The Morgan fingerprint density at radius 1 is 1.19 bits per heavy atom. The van der Waals surface area contributed by atoms with Crippen LogP contribution in [0.2, 0.25) is 0 Å². The van der Waals surface area contributed by atoms with E-state index in [1.165, 1.54) is 6.42 Å². The first kappa shape index (κ1) is 9.60. The van der Waals surface area contributed by atoms with Crippen LogP contribution in [-0.4, -0.2) is 4.98 Å². The topological polar surface area (TPSA) is 52.0 Å². The van der Waals surface area contributed by atoms with Crippen LogP contribution in [0.15, 0.2) is 28.7 Å². The van der Waals surface area contributed by atoms with Crippen LogP contribution in [0.3, 0.4) is 0 Å². The number of nitrogens with zero attached hydrogens (tertiary/aromatic N) is 1. The van der Waals surface area contributed by atoms with E-state index in [0.717, 1.165) is 41.3 Å². The number of hydrogen-bond donors (Lipinski definition) is 1. The normalized spacial score (nSPS) is 14.1. The lowest BCUT2D eigenvalue weighted by Crippen LogP contribution is -1.95. The van der Waals surface area contributed by atoms with E-state index < -0.39 is 0 Å². The van der Waals surface area contributed by atoms with Gasteiger partial charge in [0.15, 0.2) is 0 Å². The Hall–Kier alpha value is -1.61. The minimum atomic E-state index is 0.572. The zero-order valence-electron chi connectivity index (χ0n) is 9.07. The summed E-state index contributed by atoms with van der Waals surface area (Å²) in [6.07, 6.45) is 3.26. The van der Waals surface area contributed by atoms with Crippen LogP contribution in [0.25, 0.3) is 11.5 Å². The Morgan fingerprint density at radius 2 is 2.00 bits per heavy atom. The maximum atomic E-state index is 5.74. The Bertz CT molecular complexity index is 478. The standard InChI is InChI=1S/C13H14N2O/c14-8-9-4-6-10(7-5-9)13-15-11-2-1-3-12(11)16-13/h4-7H,1-3,8,14H2. The molecule has 0 saturated carbocycles. The summed E-state index contributed by atoms with van der Waals surface area (Å²) in [6, 6.07) is 8.07. The van der Waals surface area contributed by atoms with E-state index in [0.29, 0.717) is 6.54 Å². The maximum Gasteiger partial charge on any atom is 0.226 e. The van der Waals surface area contributed by atoms with Gasteiger partial charge in [-0.25, -0.2) is 4.98 Å². The van der Waals surface area contributed by atoms with Gasteiger partial charge < -0.3 is 10.2 Å². The van der Waals surface area contributed by atoms with Crippen molar-refractivity contribution in [2.45, 2.75) is 25.8 Å². The van der Waals surface area contributed by atoms with Crippen LogP contribution in [0.5, 0.6) is 0 Å². The van der Waals surface area contributed by atoms with Gasteiger partial charge in [-0.3, -0.25) is 0 Å². The number of fused-ring (bicyclic) bond motifs is 1. The molecule has 1 aromatic carbocycles. The summed E-state index contributed by atoms with van der Waals surface area (Å²) in [5, 5.41) is 0. The zero-order chi connectivity index (χ0) is 11.0. The molecule has 2 N–H and O–H groups in total. The van der Waals surface area contributed by atoms with Gasteiger partial charge in [-0.2, -0.15) is 0 Å². The first-order valence-electron chi connectivity index (χ1n) is 5.65. The number of aromatic nitrogens is 1. The fourth-order valence-corrected chi connectivity index (χ4v) is 2.10. The highest BCUT2D eigenvalue weighted by Gasteiger charge is 2.19. The summed E-state index contributed by atoms with van der Waals surface area (Å²) >= 11 is 0. The molecule has 82 valence electrons. The predicted molar refractivity (Wildman–Crippen MR) is 61.9 cm³/mol. The fourth-order valence-electron chi connectivity index (χ4n) is 2.10. The average Bonchev–Trinajstić information content (AvgIpc) is 2.89. The van der Waals surface area contributed by atoms with Gasteiger partial charge in [0.25, 0.3) is 0 Å². The van der Waals surface area contributed by atoms with Gasteiger partial charge in [-0.05, 0) is 30.5 Å². The van der Waals surface area contributed by atoms with Crippen molar-refractivity contribution in [3.63, 3.8) is 0 Å². The molecular weight excluding hydrogens is 200 g/mol. The molecule has 0 aliphatic heterocycles. The van der Waals surface area contributed by atoms with E-state index in [-0.39, 0.29) is 0 Å². The molecular formula is C13H14N2O. The summed E-state index contributed by atoms with van der Waals surface area (Å²) in [7, 11) is 0. The third-order valence-electron chi connectivity index (χ3n) is 3.03. The molecule has 0 unspecified atom stereocenters. The Balaban J connectivity index is 1.95. The highest BCUT2D eigenvalue weighted by molar-refractivity contribution is 5.54. The maximum absolute atomic E-state index is 5.74. The summed E-state index contributed by atoms with van der Waals surface area (Å²) in [4.78, 5) is 4.52. The second-order valence-electron chi connectivity index (χ2n) is 4.14. The summed E-state index contributed by atoms with van der Waals surface area (Å²) in [6.45, 7) is 0.572. The predicted octanol–water partition coefficient (Wildman–Crippen LogP) is 2.29. The van der Waals surface area contributed by atoms with Crippen molar-refractivity contribution in [3.8, 4) is 11.5 Å². The van der Waals surface area contributed by atoms with Crippen LogP contribution in [0.4, 0.5) is 0 Å². The van der Waals surface area contributed by atoms with Gasteiger partial charge in [-0.15, -0.1) is 0 Å². The molecule has 0 bridgehead atoms. The van der Waals surface area contributed by atoms with E-state index in [4.69, 9.17) is 10.2 Å². The van der Waals surface area contributed by atoms with Crippen molar-refractivity contribution in [1.29, 1.82) is 0 Å². The lowest BCUT2D eigenvalue weighted by Gasteiger charge is -1.98. The molecule has 3 heteroatoms. The van der Waals surface area contributed by atoms with Gasteiger partial charge in [0.1, 0.15) is 5.76 Å². The van der Waals surface area contributed by atoms with E-state index in [1.807, 2.05) is 24.3 Å². The van der Waals surface area contributed by atoms with Crippen molar-refractivity contribution < 1.29 is 4.42 Å². The van der Waals surface area contributed by atoms with E-state index in [1.54, 1.807) is 0 Å². The van der Waals surface area contributed by atoms with Gasteiger partial charge in [0, 0.05) is 18.5 Å². The first-order valence-corrected chi connectivity index (χ1v) is 5.65. The molecule has 2 aromatic rings. The van der Waals surface area contributed by atoms with E-state index in [9.17, 15) is 0 Å². The number of rotatable bonds is 2. The molecule has 0 spiro atoms. The molecule has 0 saturated heterocycles. The molecule has 1 aliphatic rings. The Morgan fingerprint density at radius 3 is 2.69 bits per heavy atom. The molecule has 1 aromatic heterocycles. The third-order valence-corrected chi connectivity index (χ3v) is 3.03. The van der Waals surface area contributed by atoms with Gasteiger partial charge in [0.05, 0.1) is 5.69 Å². The number of nitrogens with two attached hydrogens (primary N) is 1. The quantitative estimate of drug-likeness (QED) is 0.834. The molecule has 0 amide bonds. The smallest absolute Gasteiger partial charge is 0.226 e. The summed E-state index contributed by atoms with van der Waals surface area (Å²) in [5.41, 5.74) is 8.86. The van der Waals surface area contributed by atoms with Crippen molar-refractivity contribution >= 4 is 0 Å². The van der Waals surface area contributed by atoms with Crippen LogP contribution in [0.1, 0.15) is 23.4 Å². The number of benzene rings is 1. The van der Waals surface area contributed by atoms with Crippen molar-refractivity contribution in [2.75, 3.05) is 0 Å². The van der Waals surface area contributed by atoms with Crippen molar-refractivity contribution in [1.82, 2.24) is 4.98 Å². The lowest BCUT2D eigenvalue weighted by atomic mass is 10.1. The highest BCUT2D eigenvalue weighted by Crippen LogP contribution is 2.27. The van der Waals surface area contributed by atoms with E-state index >= 15 is 0 Å². The largest absolute Gasteiger partial charge is 0.441 e. The molecule has 3 nitrogen and oxygen atoms in total. The van der Waals surface area contributed by atoms with Gasteiger partial charge >= 0.3 is 0 Å². The molecule has 1 aliphatic carbocycles. The SMILES string of the molecule is NCc1ccc(-c2nc3c(o2)CCC3)cc1. The van der Waals surface area contributed by atoms with Crippen LogP contribution >= 0.6 is 0 Å². The summed E-state index contributed by atoms with van der Waals surface area (Å²) in [5.74, 6) is 1.81. The van der Waals surface area contributed by atoms with Gasteiger partial charge in [0.2, 0.25) is 5.89 Å². The highest BCUT2D eigenvalue weighted by atomic mass is 16.4. The zero-order valence-corrected chi connectivity index (χ0v) is 9.07. The second-order valence-corrected chi connectivity index (χ2v) is 4.14. The lowest BCUT2D eigenvalue weighted by molar-refractivity contribution is 0.522. The molecule has 0 atom stereocenters. The van der Waals surface area contributed by atoms with Crippen LogP contribution < -0.4 is 5.73 Å². The minimum Gasteiger partial charge on any atom is -0.441 e. The van der Waals surface area contributed by atoms with E-state index in [2.05, 4.69) is 4.98 Å². The average molecular weight is 214 g/mol. The summed E-state index contributed by atoms with van der Waals surface area (Å²) < 4.78 is 5.74. The number of oxazole rings is 1.